The van der Waals surface area contributed by atoms with Gasteiger partial charge in [0.15, 0.2) is 0 Å². The highest BCUT2D eigenvalue weighted by Crippen LogP contribution is 2.21. The van der Waals surface area contributed by atoms with E-state index in [0.717, 1.165) is 29.0 Å². The Morgan fingerprint density at radius 3 is 2.76 bits per heavy atom. The molecule has 1 amide bonds. The van der Waals surface area contributed by atoms with Crippen LogP contribution in [-0.2, 0) is 6.61 Å². The number of amides is 1. The van der Waals surface area contributed by atoms with Crippen molar-refractivity contribution in [3.63, 3.8) is 0 Å². The molecule has 0 unspecified atom stereocenters. The Hall–Kier alpha value is -2.73. The van der Waals surface area contributed by atoms with Crippen molar-refractivity contribution in [1.29, 1.82) is 0 Å². The number of thiophene rings is 1. The molecule has 0 bridgehead atoms. The van der Waals surface area contributed by atoms with E-state index < -0.39 is 17.5 Å². The molecule has 0 saturated carbocycles. The number of carbonyl (C=O) groups is 1. The monoisotopic (exact) mass is 359 g/mol. The zero-order chi connectivity index (χ0) is 17.8. The maximum absolute atomic E-state index is 13.6. The van der Waals surface area contributed by atoms with E-state index >= 15 is 0 Å². The zero-order valence-corrected chi connectivity index (χ0v) is 14.2. The first-order valence-electron chi connectivity index (χ1n) is 7.54. The second kappa shape index (κ2) is 7.44. The largest absolute Gasteiger partial charge is 0.489 e. The maximum Gasteiger partial charge on any atom is 0.265 e. The molecular formula is C19H15F2NO2S. The molecule has 25 heavy (non-hydrogen) atoms. The van der Waals surface area contributed by atoms with Crippen LogP contribution in [0.2, 0.25) is 0 Å². The highest BCUT2D eigenvalue weighted by Gasteiger charge is 2.12. The van der Waals surface area contributed by atoms with Crippen molar-refractivity contribution >= 4 is 22.9 Å². The number of hydrogen-bond donors (Lipinski definition) is 1. The van der Waals surface area contributed by atoms with Gasteiger partial charge in [0.2, 0.25) is 0 Å². The topological polar surface area (TPSA) is 38.3 Å². The van der Waals surface area contributed by atoms with Gasteiger partial charge in [-0.15, -0.1) is 11.3 Å². The van der Waals surface area contributed by atoms with Crippen molar-refractivity contribution in [2.45, 2.75) is 13.5 Å². The smallest absolute Gasteiger partial charge is 0.265 e. The quantitative estimate of drug-likeness (QED) is 0.683. The van der Waals surface area contributed by atoms with Crippen molar-refractivity contribution in [2.75, 3.05) is 5.32 Å². The first-order valence-corrected chi connectivity index (χ1v) is 8.42. The van der Waals surface area contributed by atoms with Gasteiger partial charge in [-0.05, 0) is 48.2 Å². The number of aryl methyl sites for hydroxylation is 1. The highest BCUT2D eigenvalue weighted by atomic mass is 32.1. The molecule has 0 radical (unpaired) electrons. The number of benzene rings is 2. The molecule has 3 aromatic rings. The van der Waals surface area contributed by atoms with Gasteiger partial charge in [0.1, 0.15) is 24.0 Å². The molecule has 0 atom stereocenters. The molecule has 6 heteroatoms. The number of halogens is 2. The number of hydrogen-bond acceptors (Lipinski definition) is 3. The lowest BCUT2D eigenvalue weighted by Gasteiger charge is -2.05. The van der Waals surface area contributed by atoms with E-state index in [-0.39, 0.29) is 5.69 Å². The van der Waals surface area contributed by atoms with E-state index in [9.17, 15) is 13.6 Å². The van der Waals surface area contributed by atoms with E-state index in [1.807, 2.05) is 36.6 Å². The minimum atomic E-state index is -0.812. The summed E-state index contributed by atoms with van der Waals surface area (Å²) in [6.07, 6.45) is 0. The fourth-order valence-electron chi connectivity index (χ4n) is 2.22. The molecule has 1 N–H and O–H groups in total. The number of anilines is 1. The minimum absolute atomic E-state index is 0.0580. The SMILES string of the molecule is Cc1cccc(OCc2csc(C(=O)Nc3ccc(F)cc3F)c2)c1. The number of rotatable bonds is 5. The van der Waals surface area contributed by atoms with E-state index in [4.69, 9.17) is 4.74 Å². The van der Waals surface area contributed by atoms with Gasteiger partial charge in [-0.25, -0.2) is 8.78 Å². The van der Waals surface area contributed by atoms with Gasteiger partial charge >= 0.3 is 0 Å². The lowest BCUT2D eigenvalue weighted by atomic mass is 10.2. The fourth-order valence-corrected chi connectivity index (χ4v) is 3.01. The summed E-state index contributed by atoms with van der Waals surface area (Å²) in [5.74, 6) is -1.20. The molecule has 0 fully saturated rings. The first kappa shape index (κ1) is 17.1. The van der Waals surface area contributed by atoms with Crippen molar-refractivity contribution in [1.82, 2.24) is 0 Å². The zero-order valence-electron chi connectivity index (χ0n) is 13.4. The van der Waals surface area contributed by atoms with Crippen LogP contribution in [0.4, 0.5) is 14.5 Å². The van der Waals surface area contributed by atoms with Crippen LogP contribution in [0.1, 0.15) is 20.8 Å². The van der Waals surface area contributed by atoms with Crippen LogP contribution in [-0.4, -0.2) is 5.91 Å². The Labute approximate surface area is 147 Å². The van der Waals surface area contributed by atoms with E-state index in [2.05, 4.69) is 5.32 Å². The summed E-state index contributed by atoms with van der Waals surface area (Å²) in [4.78, 5) is 12.6. The summed E-state index contributed by atoms with van der Waals surface area (Å²) in [7, 11) is 0. The molecule has 3 rings (SSSR count). The van der Waals surface area contributed by atoms with Gasteiger partial charge < -0.3 is 10.1 Å². The van der Waals surface area contributed by atoms with Crippen LogP contribution in [0.3, 0.4) is 0 Å². The normalized spacial score (nSPS) is 10.5. The van der Waals surface area contributed by atoms with Gasteiger partial charge in [-0.1, -0.05) is 12.1 Å². The Morgan fingerprint density at radius 2 is 2.00 bits per heavy atom. The average molecular weight is 359 g/mol. The molecule has 0 spiro atoms. The summed E-state index contributed by atoms with van der Waals surface area (Å²) < 4.78 is 32.2. The van der Waals surface area contributed by atoms with Crippen LogP contribution in [0, 0.1) is 18.6 Å². The molecule has 0 aliphatic carbocycles. The van der Waals surface area contributed by atoms with Crippen molar-refractivity contribution < 1.29 is 18.3 Å². The van der Waals surface area contributed by atoms with Gasteiger partial charge in [0, 0.05) is 11.6 Å². The third-order valence-electron chi connectivity index (χ3n) is 3.45. The summed E-state index contributed by atoms with van der Waals surface area (Å²) >= 11 is 1.24. The Kier molecular flexibility index (Phi) is 5.09. The molecule has 0 saturated heterocycles. The highest BCUT2D eigenvalue weighted by molar-refractivity contribution is 7.12. The number of nitrogens with one attached hydrogen (secondary N) is 1. The first-order chi connectivity index (χ1) is 12.0. The Bertz CT molecular complexity index is 908. The molecule has 0 aliphatic heterocycles. The summed E-state index contributed by atoms with van der Waals surface area (Å²) in [6, 6.07) is 12.4. The van der Waals surface area contributed by atoms with Crippen LogP contribution >= 0.6 is 11.3 Å². The predicted octanol–water partition coefficient (Wildman–Crippen LogP) is 5.17. The Morgan fingerprint density at radius 1 is 1.16 bits per heavy atom. The van der Waals surface area contributed by atoms with Crippen LogP contribution in [0.5, 0.6) is 5.75 Å². The molecule has 2 aromatic carbocycles. The predicted molar refractivity (Wildman–Crippen MR) is 94.1 cm³/mol. The molecule has 0 aliphatic rings. The Balaban J connectivity index is 1.63. The third-order valence-corrected chi connectivity index (χ3v) is 4.43. The lowest BCUT2D eigenvalue weighted by molar-refractivity contribution is 0.103. The van der Waals surface area contributed by atoms with E-state index in [1.54, 1.807) is 6.07 Å². The fraction of sp³-hybridized carbons (Fsp3) is 0.105. The minimum Gasteiger partial charge on any atom is -0.489 e. The molecule has 3 nitrogen and oxygen atoms in total. The number of carbonyl (C=O) groups excluding carboxylic acids is 1. The number of ether oxygens (including phenoxy) is 1. The average Bonchev–Trinajstić information content (AvgIpc) is 3.05. The molecule has 1 aromatic heterocycles. The maximum atomic E-state index is 13.6. The van der Waals surface area contributed by atoms with Crippen LogP contribution in [0.25, 0.3) is 0 Å². The lowest BCUT2D eigenvalue weighted by Crippen LogP contribution is -2.11. The van der Waals surface area contributed by atoms with Crippen molar-refractivity contribution in [3.8, 4) is 5.75 Å². The molecular weight excluding hydrogens is 344 g/mol. The summed E-state index contributed by atoms with van der Waals surface area (Å²) in [5, 5.41) is 4.25. The van der Waals surface area contributed by atoms with E-state index in [1.165, 1.54) is 17.4 Å². The van der Waals surface area contributed by atoms with Crippen molar-refractivity contribution in [2.24, 2.45) is 0 Å². The third kappa shape index (κ3) is 4.42. The summed E-state index contributed by atoms with van der Waals surface area (Å²) in [6.45, 7) is 2.31. The van der Waals surface area contributed by atoms with Crippen LogP contribution in [0.15, 0.2) is 53.9 Å². The van der Waals surface area contributed by atoms with Gasteiger partial charge in [0.05, 0.1) is 10.6 Å². The second-order valence-corrected chi connectivity index (χ2v) is 6.41. The van der Waals surface area contributed by atoms with Crippen molar-refractivity contribution in [3.05, 3.63) is 81.5 Å². The molecule has 128 valence electrons. The van der Waals surface area contributed by atoms with Crippen LogP contribution < -0.4 is 10.1 Å². The molecule has 1 heterocycles. The standard InChI is InChI=1S/C19H15F2NO2S/c1-12-3-2-4-15(7-12)24-10-13-8-18(25-11-13)19(23)22-17-6-5-14(20)9-16(17)21/h2-9,11H,10H2,1H3,(H,22,23). The van der Waals surface area contributed by atoms with Gasteiger partial charge in [0.25, 0.3) is 5.91 Å². The second-order valence-electron chi connectivity index (χ2n) is 5.50. The van der Waals surface area contributed by atoms with Gasteiger partial charge in [-0.2, -0.15) is 0 Å². The van der Waals surface area contributed by atoms with Gasteiger partial charge in [-0.3, -0.25) is 4.79 Å². The van der Waals surface area contributed by atoms with E-state index in [0.29, 0.717) is 11.5 Å². The summed E-state index contributed by atoms with van der Waals surface area (Å²) in [5.41, 5.74) is 1.89.